The fourth-order valence-electron chi connectivity index (χ4n) is 5.36. The van der Waals surface area contributed by atoms with Gasteiger partial charge in [0.15, 0.2) is 6.10 Å². The number of benzene rings is 3. The van der Waals surface area contributed by atoms with Gasteiger partial charge >= 0.3 is 5.97 Å². The second-order valence-electron chi connectivity index (χ2n) is 8.69. The molecule has 5 rings (SSSR count). The molecule has 0 amide bonds. The van der Waals surface area contributed by atoms with Crippen LogP contribution in [0.5, 0.6) is 0 Å². The van der Waals surface area contributed by atoms with Gasteiger partial charge in [-0.25, -0.2) is 4.79 Å². The predicted octanol–water partition coefficient (Wildman–Crippen LogP) is 3.98. The molecule has 0 bridgehead atoms. The van der Waals surface area contributed by atoms with Crippen molar-refractivity contribution in [1.82, 2.24) is 5.32 Å². The maximum atomic E-state index is 12.4. The minimum Gasteiger partial charge on any atom is -0.479 e. The second kappa shape index (κ2) is 10.1. The number of rotatable bonds is 4. The van der Waals surface area contributed by atoms with Gasteiger partial charge in [-0.15, -0.1) is 0 Å². The molecule has 0 spiro atoms. The number of hydrogen-bond donors (Lipinski definition) is 3. The van der Waals surface area contributed by atoms with E-state index in [1.165, 1.54) is 11.1 Å². The van der Waals surface area contributed by atoms with Crippen LogP contribution in [0.1, 0.15) is 35.6 Å². The fourth-order valence-corrected chi connectivity index (χ4v) is 5.36. The number of hydrogen-bond acceptors (Lipinski definition) is 4. The summed E-state index contributed by atoms with van der Waals surface area (Å²) in [4.78, 5) is 22.6. The molecular formula is C28H29NO4. The van der Waals surface area contributed by atoms with E-state index in [0.29, 0.717) is 23.7 Å². The van der Waals surface area contributed by atoms with Gasteiger partial charge in [0.1, 0.15) is 5.78 Å². The van der Waals surface area contributed by atoms with Crippen LogP contribution in [0.25, 0.3) is 0 Å². The van der Waals surface area contributed by atoms with Crippen molar-refractivity contribution < 1.29 is 19.8 Å². The number of carbonyl (C=O) groups is 2. The van der Waals surface area contributed by atoms with Crippen molar-refractivity contribution in [2.75, 3.05) is 13.1 Å². The van der Waals surface area contributed by atoms with Gasteiger partial charge in [0.25, 0.3) is 0 Å². The number of nitrogens with one attached hydrogen (secondary N) is 1. The lowest BCUT2D eigenvalue weighted by Gasteiger charge is -2.45. The number of fused-ring (bicyclic) bond motifs is 1. The van der Waals surface area contributed by atoms with Crippen molar-refractivity contribution in [3.63, 3.8) is 0 Å². The largest absolute Gasteiger partial charge is 0.479 e. The Morgan fingerprint density at radius 3 is 1.88 bits per heavy atom. The lowest BCUT2D eigenvalue weighted by atomic mass is 9.56. The molecule has 1 heterocycles. The van der Waals surface area contributed by atoms with Crippen LogP contribution in [0.2, 0.25) is 0 Å². The van der Waals surface area contributed by atoms with Crippen LogP contribution < -0.4 is 5.32 Å². The van der Waals surface area contributed by atoms with Crippen LogP contribution in [-0.2, 0) is 15.0 Å². The molecule has 3 N–H and O–H groups in total. The summed E-state index contributed by atoms with van der Waals surface area (Å²) >= 11 is 0. The van der Waals surface area contributed by atoms with E-state index >= 15 is 0 Å². The first kappa shape index (κ1) is 22.9. The molecule has 0 radical (unpaired) electrons. The highest BCUT2D eigenvalue weighted by molar-refractivity contribution is 5.84. The number of carbonyl (C=O) groups excluding carboxylic acids is 1. The zero-order chi connectivity index (χ0) is 23.3. The lowest BCUT2D eigenvalue weighted by molar-refractivity contribution is -0.147. The fraction of sp³-hybridized carbons (Fsp3) is 0.286. The Balaban J connectivity index is 0.000000200. The topological polar surface area (TPSA) is 86.6 Å². The molecule has 1 saturated carbocycles. The minimum absolute atomic E-state index is 0.0371. The highest BCUT2D eigenvalue weighted by Gasteiger charge is 2.52. The highest BCUT2D eigenvalue weighted by Crippen LogP contribution is 2.50. The zero-order valence-corrected chi connectivity index (χ0v) is 18.4. The van der Waals surface area contributed by atoms with E-state index in [2.05, 4.69) is 66.0 Å². The molecule has 33 heavy (non-hydrogen) atoms. The second-order valence-corrected chi connectivity index (χ2v) is 8.69. The molecule has 1 aliphatic heterocycles. The third-order valence-corrected chi connectivity index (χ3v) is 6.95. The summed E-state index contributed by atoms with van der Waals surface area (Å²) in [6, 6.07) is 29.8. The summed E-state index contributed by atoms with van der Waals surface area (Å²) in [7, 11) is 0. The van der Waals surface area contributed by atoms with Crippen LogP contribution >= 0.6 is 0 Å². The molecule has 1 saturated heterocycles. The number of aliphatic carboxylic acids is 1. The van der Waals surface area contributed by atoms with Gasteiger partial charge in [-0.2, -0.15) is 0 Å². The number of Topliss-reactive ketones (excluding diaryl/α,β-unsaturated/α-hetero) is 1. The van der Waals surface area contributed by atoms with Crippen molar-refractivity contribution >= 4 is 11.8 Å². The molecule has 3 atom stereocenters. The van der Waals surface area contributed by atoms with Gasteiger partial charge in [-0.1, -0.05) is 91.0 Å². The number of aliphatic hydroxyl groups is 1. The predicted molar refractivity (Wildman–Crippen MR) is 127 cm³/mol. The molecule has 3 aromatic carbocycles. The van der Waals surface area contributed by atoms with Crippen molar-refractivity contribution in [1.29, 1.82) is 0 Å². The number of carboxylic acids is 1. The molecule has 5 nitrogen and oxygen atoms in total. The lowest BCUT2D eigenvalue weighted by Crippen LogP contribution is -2.47. The third kappa shape index (κ3) is 4.61. The van der Waals surface area contributed by atoms with E-state index in [-0.39, 0.29) is 11.3 Å². The van der Waals surface area contributed by atoms with Crippen LogP contribution in [0, 0.1) is 11.8 Å². The third-order valence-electron chi connectivity index (χ3n) is 6.95. The normalized spacial score (nSPS) is 21.9. The van der Waals surface area contributed by atoms with E-state index in [4.69, 9.17) is 10.2 Å². The van der Waals surface area contributed by atoms with Gasteiger partial charge in [-0.3, -0.25) is 4.79 Å². The number of aliphatic hydroxyl groups excluding tert-OH is 1. The van der Waals surface area contributed by atoms with Crippen LogP contribution in [0.3, 0.4) is 0 Å². The standard InChI is InChI=1S/C20H21NO.C8H8O3/c22-19-11-12-20(15-7-3-1-4-8-15,16-9-5-2-6-10-16)18-14-21-13-17(18)19;9-7(8(10)11)6-4-2-1-3-5-6/h1-10,17-18,21H,11-14H2;1-5,7,9H,(H,10,11)/t17-,18+;/m1./s1. The number of ketones is 1. The van der Waals surface area contributed by atoms with Crippen molar-refractivity contribution in [2.45, 2.75) is 24.4 Å². The SMILES string of the molecule is O=C(O)C(O)c1ccccc1.O=C1CCC(c2ccccc2)(c2ccccc2)[C@H]2CNC[C@@H]12. The van der Waals surface area contributed by atoms with Crippen molar-refractivity contribution in [3.8, 4) is 0 Å². The molecule has 170 valence electrons. The van der Waals surface area contributed by atoms with E-state index < -0.39 is 12.1 Å². The Morgan fingerprint density at radius 2 is 1.36 bits per heavy atom. The van der Waals surface area contributed by atoms with Gasteiger partial charge in [0.2, 0.25) is 0 Å². The smallest absolute Gasteiger partial charge is 0.337 e. The number of carboxylic acid groups (broad SMARTS) is 1. The average molecular weight is 444 g/mol. The van der Waals surface area contributed by atoms with Gasteiger partial charge < -0.3 is 15.5 Å². The Hall–Kier alpha value is -3.28. The summed E-state index contributed by atoms with van der Waals surface area (Å²) in [6.45, 7) is 1.77. The summed E-state index contributed by atoms with van der Waals surface area (Å²) in [5, 5.41) is 20.9. The molecule has 1 unspecified atom stereocenters. The first-order valence-corrected chi connectivity index (χ1v) is 11.3. The first-order chi connectivity index (χ1) is 16.0. The molecule has 2 aliphatic rings. The Kier molecular flexibility index (Phi) is 7.02. The van der Waals surface area contributed by atoms with Gasteiger partial charge in [0, 0.05) is 24.3 Å². The molecular weight excluding hydrogens is 414 g/mol. The maximum Gasteiger partial charge on any atom is 0.337 e. The van der Waals surface area contributed by atoms with E-state index in [9.17, 15) is 9.59 Å². The summed E-state index contributed by atoms with van der Waals surface area (Å²) in [5.74, 6) is -0.263. The molecule has 2 fully saturated rings. The monoisotopic (exact) mass is 443 g/mol. The zero-order valence-electron chi connectivity index (χ0n) is 18.4. The van der Waals surface area contributed by atoms with E-state index in [1.54, 1.807) is 30.3 Å². The molecule has 0 aromatic heterocycles. The van der Waals surface area contributed by atoms with Gasteiger partial charge in [-0.05, 0) is 35.6 Å². The minimum atomic E-state index is -1.41. The molecule has 5 heteroatoms. The van der Waals surface area contributed by atoms with Crippen LogP contribution in [-0.4, -0.2) is 35.1 Å². The van der Waals surface area contributed by atoms with Crippen molar-refractivity contribution in [3.05, 3.63) is 108 Å². The van der Waals surface area contributed by atoms with Crippen LogP contribution in [0.15, 0.2) is 91.0 Å². The molecule has 3 aromatic rings. The summed E-state index contributed by atoms with van der Waals surface area (Å²) in [5.41, 5.74) is 3.07. The van der Waals surface area contributed by atoms with E-state index in [0.717, 1.165) is 19.5 Å². The molecule has 1 aliphatic carbocycles. The van der Waals surface area contributed by atoms with Crippen LogP contribution in [0.4, 0.5) is 0 Å². The highest BCUT2D eigenvalue weighted by atomic mass is 16.4. The van der Waals surface area contributed by atoms with Crippen molar-refractivity contribution in [2.24, 2.45) is 11.8 Å². The Labute approximate surface area is 194 Å². The van der Waals surface area contributed by atoms with Gasteiger partial charge in [0.05, 0.1) is 0 Å². The quantitative estimate of drug-likeness (QED) is 0.568. The Morgan fingerprint density at radius 1 is 0.848 bits per heavy atom. The Bertz CT molecular complexity index is 1030. The average Bonchev–Trinajstić information content (AvgIpc) is 3.38. The first-order valence-electron chi connectivity index (χ1n) is 11.3. The van der Waals surface area contributed by atoms with E-state index in [1.807, 2.05) is 0 Å². The summed E-state index contributed by atoms with van der Waals surface area (Å²) < 4.78 is 0. The summed E-state index contributed by atoms with van der Waals surface area (Å²) in [6.07, 6.45) is 0.200. The maximum absolute atomic E-state index is 12.4.